The fourth-order valence-electron chi connectivity index (χ4n) is 1.72. The highest BCUT2D eigenvalue weighted by molar-refractivity contribution is 4.88. The second-order valence-electron chi connectivity index (χ2n) is 3.92. The quantitative estimate of drug-likeness (QED) is 0.764. The van der Waals surface area contributed by atoms with Gasteiger partial charge in [-0.3, -0.25) is 4.57 Å². The zero-order chi connectivity index (χ0) is 10.0. The van der Waals surface area contributed by atoms with Crippen molar-refractivity contribution in [3.05, 3.63) is 28.9 Å². The van der Waals surface area contributed by atoms with Gasteiger partial charge in [0.1, 0.15) is 0 Å². The molecule has 1 saturated carbocycles. The van der Waals surface area contributed by atoms with E-state index in [1.807, 2.05) is 0 Å². The van der Waals surface area contributed by atoms with Crippen LogP contribution >= 0.6 is 0 Å². The van der Waals surface area contributed by atoms with Crippen LogP contribution in [0.2, 0.25) is 0 Å². The molecular weight excluding hydrogens is 180 g/mol. The first-order valence-corrected chi connectivity index (χ1v) is 4.93. The molecule has 2 rings (SSSR count). The third-order valence-corrected chi connectivity index (χ3v) is 2.89. The third-order valence-electron chi connectivity index (χ3n) is 2.89. The van der Waals surface area contributed by atoms with E-state index in [0.717, 1.165) is 19.3 Å². The van der Waals surface area contributed by atoms with Crippen molar-refractivity contribution < 1.29 is 5.11 Å². The summed E-state index contributed by atoms with van der Waals surface area (Å²) < 4.78 is 1.54. The van der Waals surface area contributed by atoms with Crippen molar-refractivity contribution in [1.29, 1.82) is 0 Å². The lowest BCUT2D eigenvalue weighted by molar-refractivity contribution is -0.0434. The number of nitrogens with zero attached hydrogens (tertiary/aromatic N) is 2. The molecule has 14 heavy (non-hydrogen) atoms. The van der Waals surface area contributed by atoms with Gasteiger partial charge in [0.2, 0.25) is 0 Å². The molecule has 4 nitrogen and oxygen atoms in total. The molecule has 1 heterocycles. The standard InChI is InChI=1S/C10H14N2O2/c13-9-11-6-2-7-12(9)8-5-10(14)3-1-4-10/h2,6-7,14H,1,3-5,8H2. The fraction of sp³-hybridized carbons (Fsp3) is 0.600. The van der Waals surface area contributed by atoms with E-state index in [9.17, 15) is 9.90 Å². The molecule has 0 aliphatic heterocycles. The molecule has 76 valence electrons. The number of aryl methyl sites for hydroxylation is 1. The number of aromatic nitrogens is 2. The van der Waals surface area contributed by atoms with E-state index < -0.39 is 5.60 Å². The molecule has 0 radical (unpaired) electrons. The Balaban J connectivity index is 1.98. The van der Waals surface area contributed by atoms with Crippen LogP contribution in [0, 0.1) is 0 Å². The maximum Gasteiger partial charge on any atom is 0.347 e. The maximum atomic E-state index is 11.2. The molecular formula is C10H14N2O2. The summed E-state index contributed by atoms with van der Waals surface area (Å²) >= 11 is 0. The molecule has 0 spiro atoms. The van der Waals surface area contributed by atoms with Gasteiger partial charge in [0.05, 0.1) is 5.60 Å². The summed E-state index contributed by atoms with van der Waals surface area (Å²) in [7, 11) is 0. The lowest BCUT2D eigenvalue weighted by Crippen LogP contribution is -2.38. The third kappa shape index (κ3) is 1.85. The van der Waals surface area contributed by atoms with Crippen LogP contribution in [0.4, 0.5) is 0 Å². The minimum Gasteiger partial charge on any atom is -0.390 e. The Kier molecular flexibility index (Phi) is 2.37. The molecule has 0 amide bonds. The lowest BCUT2D eigenvalue weighted by Gasteiger charge is -2.36. The van der Waals surface area contributed by atoms with E-state index in [-0.39, 0.29) is 5.69 Å². The van der Waals surface area contributed by atoms with Gasteiger partial charge in [-0.15, -0.1) is 0 Å². The van der Waals surface area contributed by atoms with Crippen molar-refractivity contribution in [2.45, 2.75) is 37.8 Å². The van der Waals surface area contributed by atoms with Crippen LogP contribution in [0.15, 0.2) is 23.3 Å². The van der Waals surface area contributed by atoms with Crippen LogP contribution in [0.3, 0.4) is 0 Å². The first-order chi connectivity index (χ1) is 6.70. The zero-order valence-electron chi connectivity index (χ0n) is 8.02. The van der Waals surface area contributed by atoms with Gasteiger partial charge in [-0.2, -0.15) is 0 Å². The maximum absolute atomic E-state index is 11.2. The van der Waals surface area contributed by atoms with E-state index >= 15 is 0 Å². The van der Waals surface area contributed by atoms with Crippen LogP contribution in [0.5, 0.6) is 0 Å². The highest BCUT2D eigenvalue weighted by Gasteiger charge is 2.33. The molecule has 1 aliphatic rings. The van der Waals surface area contributed by atoms with Crippen LogP contribution < -0.4 is 5.69 Å². The second-order valence-corrected chi connectivity index (χ2v) is 3.92. The van der Waals surface area contributed by atoms with Gasteiger partial charge in [-0.05, 0) is 31.7 Å². The molecule has 1 aromatic heterocycles. The minimum absolute atomic E-state index is 0.240. The minimum atomic E-state index is -0.519. The fourth-order valence-corrected chi connectivity index (χ4v) is 1.72. The summed E-state index contributed by atoms with van der Waals surface area (Å²) in [6, 6.07) is 1.73. The molecule has 4 heteroatoms. The van der Waals surface area contributed by atoms with Crippen molar-refractivity contribution in [1.82, 2.24) is 9.55 Å². The average Bonchev–Trinajstić information content (AvgIpc) is 2.14. The predicted molar refractivity (Wildman–Crippen MR) is 51.9 cm³/mol. The molecule has 0 unspecified atom stereocenters. The molecule has 1 aliphatic carbocycles. The smallest absolute Gasteiger partial charge is 0.347 e. The molecule has 0 atom stereocenters. The highest BCUT2D eigenvalue weighted by Crippen LogP contribution is 2.34. The Bertz CT molecular complexity index is 368. The van der Waals surface area contributed by atoms with E-state index in [2.05, 4.69) is 4.98 Å². The van der Waals surface area contributed by atoms with Crippen LogP contribution in [0.25, 0.3) is 0 Å². The lowest BCUT2D eigenvalue weighted by atomic mass is 9.78. The van der Waals surface area contributed by atoms with E-state index in [0.29, 0.717) is 13.0 Å². The first kappa shape index (κ1) is 9.40. The summed E-state index contributed by atoms with van der Waals surface area (Å²) in [5.41, 5.74) is -0.759. The Labute approximate surface area is 82.2 Å². The van der Waals surface area contributed by atoms with Gasteiger partial charge in [-0.25, -0.2) is 9.78 Å². The number of rotatable bonds is 3. The van der Waals surface area contributed by atoms with E-state index in [1.54, 1.807) is 12.3 Å². The number of aliphatic hydroxyl groups is 1. The largest absolute Gasteiger partial charge is 0.390 e. The normalized spacial score (nSPS) is 18.9. The SMILES string of the molecule is O=c1ncccn1CCC1(O)CCC1. The number of hydrogen-bond donors (Lipinski definition) is 1. The second kappa shape index (κ2) is 3.53. The van der Waals surface area contributed by atoms with Gasteiger partial charge in [0, 0.05) is 18.9 Å². The highest BCUT2D eigenvalue weighted by atomic mass is 16.3. The zero-order valence-corrected chi connectivity index (χ0v) is 8.02. The predicted octanol–water partition coefficient (Wildman–Crippen LogP) is 0.548. The Morgan fingerprint density at radius 3 is 2.93 bits per heavy atom. The van der Waals surface area contributed by atoms with E-state index in [4.69, 9.17) is 0 Å². The summed E-state index contributed by atoms with van der Waals surface area (Å²) in [6.45, 7) is 0.559. The Morgan fingerprint density at radius 2 is 2.36 bits per heavy atom. The van der Waals surface area contributed by atoms with Crippen LogP contribution in [0.1, 0.15) is 25.7 Å². The Hall–Kier alpha value is -1.16. The Morgan fingerprint density at radius 1 is 1.57 bits per heavy atom. The summed E-state index contributed by atoms with van der Waals surface area (Å²) in [4.78, 5) is 14.9. The van der Waals surface area contributed by atoms with E-state index in [1.165, 1.54) is 10.8 Å². The molecule has 1 N–H and O–H groups in total. The van der Waals surface area contributed by atoms with Crippen molar-refractivity contribution in [3.8, 4) is 0 Å². The van der Waals surface area contributed by atoms with Crippen LogP contribution in [-0.2, 0) is 6.54 Å². The van der Waals surface area contributed by atoms with Crippen molar-refractivity contribution in [3.63, 3.8) is 0 Å². The van der Waals surface area contributed by atoms with Gasteiger partial charge in [0.15, 0.2) is 0 Å². The van der Waals surface area contributed by atoms with Crippen molar-refractivity contribution in [2.24, 2.45) is 0 Å². The monoisotopic (exact) mass is 194 g/mol. The summed E-state index contributed by atoms with van der Waals surface area (Å²) in [6.07, 6.45) is 6.66. The van der Waals surface area contributed by atoms with Gasteiger partial charge in [-0.1, -0.05) is 0 Å². The number of hydrogen-bond acceptors (Lipinski definition) is 3. The first-order valence-electron chi connectivity index (χ1n) is 4.93. The molecule has 1 aromatic rings. The topological polar surface area (TPSA) is 55.1 Å². The molecule has 0 saturated heterocycles. The molecule has 0 bridgehead atoms. The summed E-state index contributed by atoms with van der Waals surface area (Å²) in [5.74, 6) is 0. The van der Waals surface area contributed by atoms with Gasteiger partial charge in [0.25, 0.3) is 0 Å². The van der Waals surface area contributed by atoms with Crippen molar-refractivity contribution >= 4 is 0 Å². The van der Waals surface area contributed by atoms with Gasteiger partial charge < -0.3 is 5.11 Å². The average molecular weight is 194 g/mol. The molecule has 0 aromatic carbocycles. The van der Waals surface area contributed by atoms with Crippen molar-refractivity contribution in [2.75, 3.05) is 0 Å². The summed E-state index contributed by atoms with van der Waals surface area (Å²) in [5, 5.41) is 9.83. The van der Waals surface area contributed by atoms with Crippen LogP contribution in [-0.4, -0.2) is 20.3 Å². The van der Waals surface area contributed by atoms with Gasteiger partial charge >= 0.3 is 5.69 Å². The molecule has 1 fully saturated rings.